The summed E-state index contributed by atoms with van der Waals surface area (Å²) in [5, 5.41) is 8.76. The summed E-state index contributed by atoms with van der Waals surface area (Å²) >= 11 is 0. The van der Waals surface area contributed by atoms with Gasteiger partial charge < -0.3 is 5.11 Å². The van der Waals surface area contributed by atoms with Crippen LogP contribution in [0.4, 0.5) is 4.39 Å². The van der Waals surface area contributed by atoms with Crippen LogP contribution >= 0.6 is 0 Å². The van der Waals surface area contributed by atoms with E-state index in [0.29, 0.717) is 0 Å². The van der Waals surface area contributed by atoms with Crippen LogP contribution in [-0.2, 0) is 20.8 Å². The van der Waals surface area contributed by atoms with Crippen LogP contribution in [0.25, 0.3) is 0 Å². The van der Waals surface area contributed by atoms with Crippen LogP contribution in [0.1, 0.15) is 17.3 Å². The molecule has 0 heterocycles. The molecule has 9 heteroatoms. The van der Waals surface area contributed by atoms with Gasteiger partial charge in [-0.05, 0) is 25.1 Å². The molecule has 6 nitrogen and oxygen atoms in total. The van der Waals surface area contributed by atoms with Crippen molar-refractivity contribution in [3.8, 4) is 0 Å². The standard InChI is InChI=1S/C11H14FNO5S2/c1-7(6-19(2)16)13-20(17,18)8-3-4-10(12)9(5-8)11(14)15/h3-5,7,13H,6H2,1-2H3,(H,14,15). The second kappa shape index (κ2) is 6.42. The van der Waals surface area contributed by atoms with Gasteiger partial charge in [0.2, 0.25) is 10.0 Å². The highest BCUT2D eigenvalue weighted by molar-refractivity contribution is 7.89. The number of hydrogen-bond acceptors (Lipinski definition) is 4. The Labute approximate surface area is 118 Å². The van der Waals surface area contributed by atoms with E-state index in [-0.39, 0.29) is 10.6 Å². The first kappa shape index (κ1) is 16.7. The number of carboxylic acids is 1. The molecular formula is C11H14FNO5S2. The average molecular weight is 323 g/mol. The molecule has 1 rings (SSSR count). The molecule has 1 aromatic carbocycles. The fraction of sp³-hybridized carbons (Fsp3) is 0.364. The van der Waals surface area contributed by atoms with Gasteiger partial charge in [-0.1, -0.05) is 0 Å². The zero-order valence-electron chi connectivity index (χ0n) is 10.8. The number of rotatable bonds is 6. The molecule has 0 aromatic heterocycles. The lowest BCUT2D eigenvalue weighted by atomic mass is 10.2. The molecule has 2 N–H and O–H groups in total. The van der Waals surface area contributed by atoms with E-state index in [4.69, 9.17) is 5.11 Å². The van der Waals surface area contributed by atoms with E-state index in [0.717, 1.165) is 18.2 Å². The number of sulfonamides is 1. The first-order chi connectivity index (χ1) is 9.13. The van der Waals surface area contributed by atoms with Gasteiger partial charge >= 0.3 is 5.97 Å². The number of hydrogen-bond donors (Lipinski definition) is 2. The van der Waals surface area contributed by atoms with Crippen molar-refractivity contribution in [1.82, 2.24) is 4.72 Å². The number of carbonyl (C=O) groups is 1. The van der Waals surface area contributed by atoms with Gasteiger partial charge in [-0.2, -0.15) is 0 Å². The first-order valence-corrected chi connectivity index (χ1v) is 8.69. The van der Waals surface area contributed by atoms with E-state index in [2.05, 4.69) is 4.72 Å². The van der Waals surface area contributed by atoms with E-state index in [1.807, 2.05) is 0 Å². The van der Waals surface area contributed by atoms with Crippen molar-refractivity contribution in [2.75, 3.05) is 12.0 Å². The maximum atomic E-state index is 13.2. The van der Waals surface area contributed by atoms with E-state index in [1.54, 1.807) is 0 Å². The lowest BCUT2D eigenvalue weighted by Gasteiger charge is -2.13. The van der Waals surface area contributed by atoms with Crippen molar-refractivity contribution >= 4 is 26.8 Å². The van der Waals surface area contributed by atoms with Gasteiger partial charge in [0.15, 0.2) is 0 Å². The molecule has 2 unspecified atom stereocenters. The summed E-state index contributed by atoms with van der Waals surface area (Å²) in [6.45, 7) is 1.53. The fourth-order valence-corrected chi connectivity index (χ4v) is 3.72. The van der Waals surface area contributed by atoms with Gasteiger partial charge in [-0.15, -0.1) is 0 Å². The van der Waals surface area contributed by atoms with Gasteiger partial charge in [0, 0.05) is 28.9 Å². The molecule has 0 aliphatic carbocycles. The first-order valence-electron chi connectivity index (χ1n) is 5.48. The van der Waals surface area contributed by atoms with Crippen molar-refractivity contribution in [3.63, 3.8) is 0 Å². The smallest absolute Gasteiger partial charge is 0.338 e. The van der Waals surface area contributed by atoms with Crippen LogP contribution in [0.3, 0.4) is 0 Å². The van der Waals surface area contributed by atoms with E-state index in [9.17, 15) is 21.8 Å². The Balaban J connectivity index is 3.07. The zero-order chi connectivity index (χ0) is 15.5. The van der Waals surface area contributed by atoms with Crippen molar-refractivity contribution in [2.45, 2.75) is 17.9 Å². The van der Waals surface area contributed by atoms with Crippen molar-refractivity contribution < 1.29 is 26.9 Å². The third kappa shape index (κ3) is 4.36. The largest absolute Gasteiger partial charge is 0.478 e. The number of nitrogens with one attached hydrogen (secondary N) is 1. The fourth-order valence-electron chi connectivity index (χ4n) is 1.55. The van der Waals surface area contributed by atoms with Crippen LogP contribution in [0.15, 0.2) is 23.1 Å². The summed E-state index contributed by atoms with van der Waals surface area (Å²) in [7, 11) is -5.18. The van der Waals surface area contributed by atoms with Crippen LogP contribution in [0, 0.1) is 5.82 Å². The minimum atomic E-state index is -3.99. The molecule has 0 amide bonds. The quantitative estimate of drug-likeness (QED) is 0.797. The molecule has 0 radical (unpaired) electrons. The van der Waals surface area contributed by atoms with Crippen molar-refractivity contribution in [2.24, 2.45) is 0 Å². The topological polar surface area (TPSA) is 101 Å². The summed E-state index contributed by atoms with van der Waals surface area (Å²) in [4.78, 5) is 10.4. The number of halogens is 1. The monoisotopic (exact) mass is 323 g/mol. The Morgan fingerprint density at radius 1 is 1.50 bits per heavy atom. The SMILES string of the molecule is CC(CS(C)=O)NS(=O)(=O)c1ccc(F)c(C(=O)O)c1. The van der Waals surface area contributed by atoms with Crippen molar-refractivity contribution in [1.29, 1.82) is 0 Å². The van der Waals surface area contributed by atoms with Crippen LogP contribution in [0.5, 0.6) is 0 Å². The molecule has 0 spiro atoms. The van der Waals surface area contributed by atoms with Crippen molar-refractivity contribution in [3.05, 3.63) is 29.6 Å². The lowest BCUT2D eigenvalue weighted by molar-refractivity contribution is 0.0691. The molecule has 112 valence electrons. The third-order valence-electron chi connectivity index (χ3n) is 2.32. The second-order valence-corrected chi connectivity index (χ2v) is 7.40. The number of carboxylic acid groups (broad SMARTS) is 1. The van der Waals surface area contributed by atoms with E-state index < -0.39 is 44.2 Å². The molecule has 0 saturated heterocycles. The van der Waals surface area contributed by atoms with E-state index >= 15 is 0 Å². The number of benzene rings is 1. The molecule has 0 aliphatic heterocycles. The molecule has 1 aromatic rings. The summed E-state index contributed by atoms with van der Waals surface area (Å²) in [5.41, 5.74) is -0.723. The van der Waals surface area contributed by atoms with Gasteiger partial charge in [0.05, 0.1) is 10.5 Å². The molecule has 0 aliphatic rings. The van der Waals surface area contributed by atoms with Crippen LogP contribution < -0.4 is 4.72 Å². The molecule has 20 heavy (non-hydrogen) atoms. The summed E-state index contributed by atoms with van der Waals surface area (Å²) in [5.74, 6) is -2.45. The Morgan fingerprint density at radius 3 is 2.60 bits per heavy atom. The Hall–Kier alpha value is -1.32. The third-order valence-corrected chi connectivity index (χ3v) is 4.88. The highest BCUT2D eigenvalue weighted by Crippen LogP contribution is 2.15. The summed E-state index contributed by atoms with van der Waals surface area (Å²) in [6, 6.07) is 1.90. The minimum absolute atomic E-state index is 0.117. The second-order valence-electron chi connectivity index (χ2n) is 4.21. The van der Waals surface area contributed by atoms with Gasteiger partial charge in [0.1, 0.15) is 5.82 Å². The molecular weight excluding hydrogens is 309 g/mol. The minimum Gasteiger partial charge on any atom is -0.478 e. The average Bonchev–Trinajstić information content (AvgIpc) is 2.26. The van der Waals surface area contributed by atoms with E-state index in [1.165, 1.54) is 13.2 Å². The van der Waals surface area contributed by atoms with Gasteiger partial charge in [-0.3, -0.25) is 4.21 Å². The Morgan fingerprint density at radius 2 is 2.10 bits per heavy atom. The Bertz CT molecular complexity index is 644. The normalized spacial score (nSPS) is 14.8. The molecule has 2 atom stereocenters. The van der Waals surface area contributed by atoms with Crippen LogP contribution in [0.2, 0.25) is 0 Å². The van der Waals surface area contributed by atoms with Crippen LogP contribution in [-0.4, -0.2) is 41.8 Å². The maximum Gasteiger partial charge on any atom is 0.338 e. The highest BCUT2D eigenvalue weighted by atomic mass is 32.2. The number of aromatic carboxylic acids is 1. The van der Waals surface area contributed by atoms with Gasteiger partial charge in [-0.25, -0.2) is 22.3 Å². The Kier molecular flexibility index (Phi) is 5.37. The maximum absolute atomic E-state index is 13.2. The highest BCUT2D eigenvalue weighted by Gasteiger charge is 2.21. The molecule has 0 bridgehead atoms. The lowest BCUT2D eigenvalue weighted by Crippen LogP contribution is -2.36. The molecule has 0 fully saturated rings. The predicted octanol–water partition coefficient (Wildman–Crippen LogP) is 0.569. The predicted molar refractivity (Wildman–Crippen MR) is 72.1 cm³/mol. The summed E-state index contributed by atoms with van der Waals surface area (Å²) < 4.78 is 50.4. The zero-order valence-corrected chi connectivity index (χ0v) is 12.4. The van der Waals surface area contributed by atoms with Gasteiger partial charge in [0.25, 0.3) is 0 Å². The summed E-state index contributed by atoms with van der Waals surface area (Å²) in [6.07, 6.45) is 1.44. The molecule has 0 saturated carbocycles.